The molecule has 6 nitrogen and oxygen atoms in total. The Kier molecular flexibility index (Phi) is 2.12. The van der Waals surface area contributed by atoms with E-state index < -0.39 is 34.5 Å². The van der Waals surface area contributed by atoms with Crippen molar-refractivity contribution in [2.24, 2.45) is 0 Å². The van der Waals surface area contributed by atoms with Gasteiger partial charge in [0.2, 0.25) is 17.3 Å². The number of allylic oxidation sites excluding steroid dienone is 2. The Bertz CT molecular complexity index is 577. The summed E-state index contributed by atoms with van der Waals surface area (Å²) in [5.41, 5.74) is -0.868. The van der Waals surface area contributed by atoms with E-state index >= 15 is 0 Å². The molecule has 1 aliphatic rings. The Morgan fingerprint density at radius 2 is 1.88 bits per heavy atom. The Morgan fingerprint density at radius 1 is 1.19 bits per heavy atom. The third-order valence-corrected chi connectivity index (χ3v) is 2.12. The highest BCUT2D eigenvalue weighted by Gasteiger charge is 2.35. The minimum absolute atomic E-state index is 0.0979. The number of fused-ring (bicyclic) bond motifs is 1. The van der Waals surface area contributed by atoms with Crippen molar-refractivity contribution in [3.63, 3.8) is 0 Å². The molecular formula is C10H6O6. The molecule has 0 unspecified atom stereocenters. The summed E-state index contributed by atoms with van der Waals surface area (Å²) in [6, 6.07) is 2.17. The number of ketones is 2. The van der Waals surface area contributed by atoms with Gasteiger partial charge in [0.15, 0.2) is 5.76 Å². The Hall–Kier alpha value is -2.37. The average Bonchev–Trinajstić information content (AvgIpc) is 2.27. The Labute approximate surface area is 88.8 Å². The smallest absolute Gasteiger partial charge is 0.336 e. The molecule has 82 valence electrons. The van der Waals surface area contributed by atoms with Crippen LogP contribution in [0.3, 0.4) is 0 Å². The Morgan fingerprint density at radius 3 is 2.50 bits per heavy atom. The van der Waals surface area contributed by atoms with E-state index in [1.807, 2.05) is 0 Å². The number of Topliss-reactive ketones (excluding diaryl/α,β-unsaturated/α-hetero) is 2. The van der Waals surface area contributed by atoms with Crippen LogP contribution in [-0.4, -0.2) is 23.8 Å². The average molecular weight is 222 g/mol. The predicted octanol–water partition coefficient (Wildman–Crippen LogP) is 0.435. The van der Waals surface area contributed by atoms with Crippen molar-refractivity contribution < 1.29 is 23.8 Å². The highest BCUT2D eigenvalue weighted by atomic mass is 16.5. The van der Waals surface area contributed by atoms with Gasteiger partial charge in [0.1, 0.15) is 0 Å². The van der Waals surface area contributed by atoms with E-state index in [-0.39, 0.29) is 5.56 Å². The van der Waals surface area contributed by atoms with Crippen LogP contribution in [0.15, 0.2) is 32.9 Å². The lowest BCUT2D eigenvalue weighted by Crippen LogP contribution is -2.24. The van der Waals surface area contributed by atoms with E-state index in [2.05, 4.69) is 9.15 Å². The van der Waals surface area contributed by atoms with Gasteiger partial charge in [-0.1, -0.05) is 0 Å². The van der Waals surface area contributed by atoms with Crippen molar-refractivity contribution in [1.82, 2.24) is 0 Å². The molecule has 0 fully saturated rings. The third kappa shape index (κ3) is 1.23. The maximum absolute atomic E-state index is 11.7. The molecule has 6 heteroatoms. The SMILES string of the molecule is COC1=C(O)C(=O)c2oc(=O)ccc2C1=O. The van der Waals surface area contributed by atoms with Crippen LogP contribution in [-0.2, 0) is 4.74 Å². The van der Waals surface area contributed by atoms with Crippen molar-refractivity contribution in [1.29, 1.82) is 0 Å². The first kappa shape index (κ1) is 10.2. The zero-order valence-corrected chi connectivity index (χ0v) is 8.14. The fourth-order valence-electron chi connectivity index (χ4n) is 1.39. The second-order valence-corrected chi connectivity index (χ2v) is 3.04. The number of aliphatic hydroxyl groups is 1. The first-order chi connectivity index (χ1) is 7.56. The van der Waals surface area contributed by atoms with Crippen LogP contribution in [0.4, 0.5) is 0 Å². The molecule has 0 atom stereocenters. The molecule has 0 bridgehead atoms. The number of hydrogen-bond donors (Lipinski definition) is 1. The van der Waals surface area contributed by atoms with Gasteiger partial charge < -0.3 is 14.3 Å². The summed E-state index contributed by atoms with van der Waals surface area (Å²) in [6.07, 6.45) is 0. The lowest BCUT2D eigenvalue weighted by molar-refractivity contribution is 0.0830. The summed E-state index contributed by atoms with van der Waals surface area (Å²) >= 11 is 0. The van der Waals surface area contributed by atoms with Crippen molar-refractivity contribution in [2.45, 2.75) is 0 Å². The van der Waals surface area contributed by atoms with Gasteiger partial charge in [-0.05, 0) is 6.07 Å². The minimum atomic E-state index is -0.941. The monoisotopic (exact) mass is 222 g/mol. The van der Waals surface area contributed by atoms with E-state index in [0.717, 1.165) is 19.2 Å². The summed E-state index contributed by atoms with van der Waals surface area (Å²) in [6.45, 7) is 0. The molecule has 1 aliphatic carbocycles. The molecule has 0 aromatic carbocycles. The van der Waals surface area contributed by atoms with Crippen LogP contribution in [0.5, 0.6) is 0 Å². The van der Waals surface area contributed by atoms with Gasteiger partial charge >= 0.3 is 5.63 Å². The van der Waals surface area contributed by atoms with Gasteiger partial charge in [0.05, 0.1) is 12.7 Å². The molecule has 1 heterocycles. The van der Waals surface area contributed by atoms with Gasteiger partial charge in [-0.25, -0.2) is 4.79 Å². The van der Waals surface area contributed by atoms with Gasteiger partial charge in [0, 0.05) is 6.07 Å². The van der Waals surface area contributed by atoms with Crippen LogP contribution < -0.4 is 5.63 Å². The third-order valence-electron chi connectivity index (χ3n) is 2.12. The van der Waals surface area contributed by atoms with Gasteiger partial charge in [0.25, 0.3) is 5.78 Å². The zero-order chi connectivity index (χ0) is 11.9. The first-order valence-corrected chi connectivity index (χ1v) is 4.27. The largest absolute Gasteiger partial charge is 0.501 e. The molecule has 1 aromatic heterocycles. The maximum atomic E-state index is 11.7. The number of carbonyl (C=O) groups excluding carboxylic acids is 2. The van der Waals surface area contributed by atoms with Crippen LogP contribution >= 0.6 is 0 Å². The number of aliphatic hydroxyl groups excluding tert-OH is 1. The highest BCUT2D eigenvalue weighted by Crippen LogP contribution is 2.23. The molecule has 0 saturated carbocycles. The van der Waals surface area contributed by atoms with E-state index in [4.69, 9.17) is 0 Å². The lowest BCUT2D eigenvalue weighted by Gasteiger charge is -2.14. The summed E-state index contributed by atoms with van der Waals surface area (Å²) in [5.74, 6) is -3.40. The van der Waals surface area contributed by atoms with Crippen LogP contribution in [0.2, 0.25) is 0 Å². The minimum Gasteiger partial charge on any atom is -0.501 e. The topological polar surface area (TPSA) is 93.8 Å². The van der Waals surface area contributed by atoms with Crippen molar-refractivity contribution >= 4 is 11.6 Å². The number of ether oxygens (including phenoxy) is 1. The van der Waals surface area contributed by atoms with Crippen molar-refractivity contribution in [3.05, 3.63) is 45.4 Å². The molecule has 1 N–H and O–H groups in total. The normalized spacial score (nSPS) is 15.1. The predicted molar refractivity (Wildman–Crippen MR) is 50.3 cm³/mol. The molecule has 0 amide bonds. The second kappa shape index (κ2) is 3.34. The maximum Gasteiger partial charge on any atom is 0.336 e. The molecule has 2 rings (SSSR count). The van der Waals surface area contributed by atoms with Crippen molar-refractivity contribution in [2.75, 3.05) is 7.11 Å². The van der Waals surface area contributed by atoms with E-state index in [9.17, 15) is 19.5 Å². The van der Waals surface area contributed by atoms with E-state index in [1.165, 1.54) is 0 Å². The lowest BCUT2D eigenvalue weighted by atomic mass is 9.98. The summed E-state index contributed by atoms with van der Waals surface area (Å²) in [4.78, 5) is 34.1. The number of methoxy groups -OCH3 is 1. The summed E-state index contributed by atoms with van der Waals surface area (Å²) in [7, 11) is 1.15. The summed E-state index contributed by atoms with van der Waals surface area (Å²) in [5, 5.41) is 9.37. The molecule has 0 saturated heterocycles. The van der Waals surface area contributed by atoms with Crippen LogP contribution in [0.1, 0.15) is 20.9 Å². The van der Waals surface area contributed by atoms with Crippen LogP contribution in [0.25, 0.3) is 0 Å². The zero-order valence-electron chi connectivity index (χ0n) is 8.14. The molecule has 0 aliphatic heterocycles. The van der Waals surface area contributed by atoms with Crippen LogP contribution in [0, 0.1) is 0 Å². The molecular weight excluding hydrogens is 216 g/mol. The second-order valence-electron chi connectivity index (χ2n) is 3.04. The first-order valence-electron chi connectivity index (χ1n) is 4.27. The quantitative estimate of drug-likeness (QED) is 0.740. The van der Waals surface area contributed by atoms with Gasteiger partial charge in [-0.2, -0.15) is 0 Å². The molecule has 0 spiro atoms. The fourth-order valence-corrected chi connectivity index (χ4v) is 1.39. The van der Waals surface area contributed by atoms with Crippen molar-refractivity contribution in [3.8, 4) is 0 Å². The standard InChI is InChI=1S/C10H6O6/c1-15-10-6(12)4-2-3-5(11)16-9(4)7(13)8(10)14/h2-3,14H,1H3. The highest BCUT2D eigenvalue weighted by molar-refractivity contribution is 6.23. The van der Waals surface area contributed by atoms with E-state index in [0.29, 0.717) is 0 Å². The number of rotatable bonds is 1. The number of carbonyl (C=O) groups is 2. The van der Waals surface area contributed by atoms with Gasteiger partial charge in [-0.15, -0.1) is 0 Å². The fraction of sp³-hybridized carbons (Fsp3) is 0.100. The van der Waals surface area contributed by atoms with E-state index in [1.54, 1.807) is 0 Å². The molecule has 1 aromatic rings. The summed E-state index contributed by atoms with van der Waals surface area (Å²) < 4.78 is 9.18. The van der Waals surface area contributed by atoms with Gasteiger partial charge in [-0.3, -0.25) is 9.59 Å². The molecule has 0 radical (unpaired) electrons. The molecule has 16 heavy (non-hydrogen) atoms. The number of hydrogen-bond acceptors (Lipinski definition) is 6. The Balaban J connectivity index is 2.74.